The number of amides is 2. The van der Waals surface area contributed by atoms with Crippen molar-refractivity contribution in [2.24, 2.45) is 5.92 Å². The van der Waals surface area contributed by atoms with Gasteiger partial charge < -0.3 is 15.7 Å². The smallest absolute Gasteiger partial charge is 0.334 e. The fourth-order valence-electron chi connectivity index (χ4n) is 3.58. The van der Waals surface area contributed by atoms with Crippen LogP contribution in [0.15, 0.2) is 30.3 Å². The Bertz CT molecular complexity index is 640. The van der Waals surface area contributed by atoms with Crippen LogP contribution in [0.2, 0.25) is 0 Å². The second-order valence-corrected chi connectivity index (χ2v) is 7.07. The summed E-state index contributed by atoms with van der Waals surface area (Å²) < 4.78 is 0. The summed E-state index contributed by atoms with van der Waals surface area (Å²) in [5.41, 5.74) is -0.931. The van der Waals surface area contributed by atoms with Gasteiger partial charge in [0.15, 0.2) is 5.54 Å². The molecule has 0 saturated heterocycles. The van der Waals surface area contributed by atoms with E-state index in [-0.39, 0.29) is 30.7 Å². The third-order valence-electron chi connectivity index (χ3n) is 5.12. The molecule has 1 aromatic carbocycles. The minimum atomic E-state index is -1.46. The van der Waals surface area contributed by atoms with Gasteiger partial charge in [-0.3, -0.25) is 9.59 Å². The lowest BCUT2D eigenvalue weighted by Gasteiger charge is -2.30. The summed E-state index contributed by atoms with van der Waals surface area (Å²) in [6, 6.07) is 8.35. The molecule has 2 atom stereocenters. The lowest BCUT2D eigenvalue weighted by Crippen LogP contribution is -2.52. The van der Waals surface area contributed by atoms with Crippen molar-refractivity contribution in [3.63, 3.8) is 0 Å². The molecule has 1 aliphatic rings. The highest BCUT2D eigenvalue weighted by molar-refractivity contribution is 5.88. The van der Waals surface area contributed by atoms with Crippen LogP contribution in [0.4, 0.5) is 0 Å². The van der Waals surface area contributed by atoms with Crippen molar-refractivity contribution in [2.45, 2.75) is 64.0 Å². The molecule has 1 fully saturated rings. The Kier molecular flexibility index (Phi) is 6.77. The van der Waals surface area contributed by atoms with E-state index in [4.69, 9.17) is 0 Å². The van der Waals surface area contributed by atoms with Crippen molar-refractivity contribution in [3.8, 4) is 0 Å². The Labute approximate surface area is 154 Å². The Morgan fingerprint density at radius 2 is 1.81 bits per heavy atom. The molecule has 0 aliphatic heterocycles. The molecule has 1 saturated carbocycles. The van der Waals surface area contributed by atoms with E-state index in [1.54, 1.807) is 44.2 Å². The van der Waals surface area contributed by atoms with Crippen molar-refractivity contribution >= 4 is 17.8 Å². The van der Waals surface area contributed by atoms with E-state index in [1.807, 2.05) is 0 Å². The second kappa shape index (κ2) is 8.83. The zero-order valence-electron chi connectivity index (χ0n) is 15.5. The van der Waals surface area contributed by atoms with Gasteiger partial charge in [-0.25, -0.2) is 4.79 Å². The van der Waals surface area contributed by atoms with Crippen molar-refractivity contribution in [1.82, 2.24) is 10.6 Å². The fraction of sp³-hybridized carbons (Fsp3) is 0.550. The van der Waals surface area contributed by atoms with Crippen molar-refractivity contribution < 1.29 is 19.5 Å². The van der Waals surface area contributed by atoms with E-state index in [0.717, 1.165) is 25.7 Å². The molecule has 0 spiro atoms. The number of rotatable bonds is 8. The first-order valence-corrected chi connectivity index (χ1v) is 9.29. The van der Waals surface area contributed by atoms with Gasteiger partial charge in [0.05, 0.1) is 0 Å². The molecule has 0 heterocycles. The van der Waals surface area contributed by atoms with Crippen LogP contribution >= 0.6 is 0 Å². The Morgan fingerprint density at radius 3 is 2.35 bits per heavy atom. The van der Waals surface area contributed by atoms with Gasteiger partial charge in [0.1, 0.15) is 0 Å². The molecule has 2 rings (SSSR count). The average Bonchev–Trinajstić information content (AvgIpc) is 3.14. The third-order valence-corrected chi connectivity index (χ3v) is 5.12. The Morgan fingerprint density at radius 1 is 1.19 bits per heavy atom. The SMILES string of the molecule is CCC(NC(=O)CC(C)NC(=O)C1CCCC1)(C(=O)O)c1ccccc1. The first kappa shape index (κ1) is 19.9. The molecule has 2 unspecified atom stereocenters. The fourth-order valence-corrected chi connectivity index (χ4v) is 3.58. The number of carboxylic acid groups (broad SMARTS) is 1. The minimum Gasteiger partial charge on any atom is -0.479 e. The number of carbonyl (C=O) groups excluding carboxylic acids is 2. The molecule has 26 heavy (non-hydrogen) atoms. The maximum atomic E-state index is 12.5. The molecule has 1 aliphatic carbocycles. The molecule has 6 nitrogen and oxygen atoms in total. The first-order chi connectivity index (χ1) is 12.4. The van der Waals surface area contributed by atoms with Crippen LogP contribution < -0.4 is 10.6 Å². The molecule has 3 N–H and O–H groups in total. The lowest BCUT2D eigenvalue weighted by atomic mass is 9.87. The van der Waals surface area contributed by atoms with E-state index < -0.39 is 17.4 Å². The number of carbonyl (C=O) groups is 3. The van der Waals surface area contributed by atoms with E-state index in [1.165, 1.54) is 0 Å². The third kappa shape index (κ3) is 4.62. The van der Waals surface area contributed by atoms with Crippen LogP contribution in [-0.4, -0.2) is 28.9 Å². The van der Waals surface area contributed by atoms with E-state index in [0.29, 0.717) is 5.56 Å². The predicted octanol–water partition coefficient (Wildman–Crippen LogP) is 2.58. The van der Waals surface area contributed by atoms with Crippen molar-refractivity contribution in [1.29, 1.82) is 0 Å². The highest BCUT2D eigenvalue weighted by Crippen LogP contribution is 2.26. The Hall–Kier alpha value is -2.37. The van der Waals surface area contributed by atoms with Gasteiger partial charge in [0.25, 0.3) is 0 Å². The molecule has 2 amide bonds. The monoisotopic (exact) mass is 360 g/mol. The maximum Gasteiger partial charge on any atom is 0.334 e. The van der Waals surface area contributed by atoms with Crippen LogP contribution in [0.1, 0.15) is 57.9 Å². The molecule has 142 valence electrons. The van der Waals surface area contributed by atoms with Crippen molar-refractivity contribution in [2.75, 3.05) is 0 Å². The highest BCUT2D eigenvalue weighted by Gasteiger charge is 2.40. The van der Waals surface area contributed by atoms with Crippen LogP contribution in [-0.2, 0) is 19.9 Å². The largest absolute Gasteiger partial charge is 0.479 e. The van der Waals surface area contributed by atoms with Crippen LogP contribution in [0.3, 0.4) is 0 Å². The molecule has 6 heteroatoms. The molecule has 0 bridgehead atoms. The minimum absolute atomic E-state index is 0.00847. The molecule has 0 aromatic heterocycles. The molecular weight excluding hydrogens is 332 g/mol. The van der Waals surface area contributed by atoms with Gasteiger partial charge in [0.2, 0.25) is 11.8 Å². The topological polar surface area (TPSA) is 95.5 Å². The van der Waals surface area contributed by atoms with Crippen LogP contribution in [0, 0.1) is 5.92 Å². The van der Waals surface area contributed by atoms with Gasteiger partial charge in [-0.2, -0.15) is 0 Å². The van der Waals surface area contributed by atoms with E-state index in [2.05, 4.69) is 10.6 Å². The van der Waals surface area contributed by atoms with E-state index >= 15 is 0 Å². The number of benzene rings is 1. The number of nitrogens with one attached hydrogen (secondary N) is 2. The summed E-state index contributed by atoms with van der Waals surface area (Å²) in [7, 11) is 0. The Balaban J connectivity index is 2.00. The number of carboxylic acids is 1. The zero-order chi connectivity index (χ0) is 19.2. The van der Waals surface area contributed by atoms with Gasteiger partial charge in [-0.15, -0.1) is 0 Å². The normalized spacial score (nSPS) is 17.9. The van der Waals surface area contributed by atoms with Gasteiger partial charge >= 0.3 is 5.97 Å². The lowest BCUT2D eigenvalue weighted by molar-refractivity contribution is -0.148. The maximum absolute atomic E-state index is 12.5. The average molecular weight is 360 g/mol. The first-order valence-electron chi connectivity index (χ1n) is 9.29. The van der Waals surface area contributed by atoms with Gasteiger partial charge in [-0.1, -0.05) is 50.1 Å². The molecule has 1 aromatic rings. The summed E-state index contributed by atoms with van der Waals surface area (Å²) in [4.78, 5) is 36.6. The van der Waals surface area contributed by atoms with Crippen LogP contribution in [0.5, 0.6) is 0 Å². The van der Waals surface area contributed by atoms with Crippen LogP contribution in [0.25, 0.3) is 0 Å². The van der Waals surface area contributed by atoms with E-state index in [9.17, 15) is 19.5 Å². The van der Waals surface area contributed by atoms with Gasteiger partial charge in [-0.05, 0) is 31.7 Å². The number of hydrogen-bond acceptors (Lipinski definition) is 3. The number of hydrogen-bond donors (Lipinski definition) is 3. The summed E-state index contributed by atoms with van der Waals surface area (Å²) >= 11 is 0. The summed E-state index contributed by atoms with van der Waals surface area (Å²) in [5.74, 6) is -1.45. The predicted molar refractivity (Wildman–Crippen MR) is 98.4 cm³/mol. The molecule has 0 radical (unpaired) electrons. The summed E-state index contributed by atoms with van der Waals surface area (Å²) in [6.07, 6.45) is 4.21. The summed E-state index contributed by atoms with van der Waals surface area (Å²) in [5, 5.41) is 15.3. The molecular formula is C20H28N2O4. The van der Waals surface area contributed by atoms with Gasteiger partial charge in [0, 0.05) is 18.4 Å². The van der Waals surface area contributed by atoms with Crippen molar-refractivity contribution in [3.05, 3.63) is 35.9 Å². The highest BCUT2D eigenvalue weighted by atomic mass is 16.4. The summed E-state index contributed by atoms with van der Waals surface area (Å²) in [6.45, 7) is 3.50. The zero-order valence-corrected chi connectivity index (χ0v) is 15.5. The number of aliphatic carboxylic acids is 1. The second-order valence-electron chi connectivity index (χ2n) is 7.07. The quantitative estimate of drug-likeness (QED) is 0.664. The standard InChI is InChI=1S/C20H28N2O4/c1-3-20(19(25)26,16-11-5-4-6-12-16)22-17(23)13-14(2)21-18(24)15-9-7-8-10-15/h4-6,11-12,14-15H,3,7-10,13H2,1-2H3,(H,21,24)(H,22,23)(H,25,26).